The van der Waals surface area contributed by atoms with E-state index in [0.29, 0.717) is 79.3 Å². The second kappa shape index (κ2) is 38.7. The number of piperazine rings is 2. The van der Waals surface area contributed by atoms with E-state index >= 15 is 0 Å². The molecule has 8 N–H and O–H groups in total. The molecule has 16 aromatic rings. The number of pyridine rings is 8. The highest BCUT2D eigenvalue weighted by Crippen LogP contribution is 2.58. The number of benzene rings is 4. The van der Waals surface area contributed by atoms with Crippen molar-refractivity contribution in [3.63, 3.8) is 0 Å². The van der Waals surface area contributed by atoms with Gasteiger partial charge in [0.1, 0.15) is 66.1 Å². The fraction of sp³-hybridized carbons (Fsp3) is 0.321. The van der Waals surface area contributed by atoms with Crippen molar-refractivity contribution in [2.75, 3.05) is 154 Å². The zero-order chi connectivity index (χ0) is 99.5. The number of nitrogens with zero attached hydrogens (tertiary/aromatic N) is 22. The van der Waals surface area contributed by atoms with Crippen molar-refractivity contribution < 1.29 is 32.2 Å². The molecule has 7 fully saturated rings. The number of rotatable bonds is 17. The molecule has 2 saturated carbocycles. The molecule has 4 unspecified atom stereocenters. The molecular weight excluding hydrogens is 1920 g/mol. The van der Waals surface area contributed by atoms with Gasteiger partial charge in [-0.15, -0.1) is 0 Å². The Morgan fingerprint density at radius 2 is 0.822 bits per heavy atom. The molecule has 5 aliphatic heterocycles. The van der Waals surface area contributed by atoms with Crippen LogP contribution in [0.15, 0.2) is 223 Å². The van der Waals surface area contributed by atoms with Crippen molar-refractivity contribution in [1.29, 1.82) is 0 Å². The minimum atomic E-state index is -0.278. The number of hydrogen-bond acceptors (Lipinski definition) is 31. The van der Waals surface area contributed by atoms with Gasteiger partial charge in [0.15, 0.2) is 33.0 Å². The molecule has 2 amide bonds. The molecule has 37 heteroatoms. The summed E-state index contributed by atoms with van der Waals surface area (Å²) in [6, 6.07) is 43.5. The van der Waals surface area contributed by atoms with Gasteiger partial charge in [-0.25, -0.2) is 58.6 Å². The average molecular weight is 2020 g/mol. The Bertz CT molecular complexity index is 7970. The summed E-state index contributed by atoms with van der Waals surface area (Å²) in [6.07, 6.45) is 23.8. The Labute approximate surface area is 859 Å². The van der Waals surface area contributed by atoms with E-state index in [0.717, 1.165) is 268 Å². The molecule has 31 nitrogen and oxygen atoms in total. The fourth-order valence-electron chi connectivity index (χ4n) is 22.3. The summed E-state index contributed by atoms with van der Waals surface area (Å²) in [5, 5.41) is 15.7. The molecule has 738 valence electrons. The maximum Gasteiger partial charge on any atom is 0.251 e. The van der Waals surface area contributed by atoms with E-state index in [9.17, 15) is 18.4 Å². The van der Waals surface area contributed by atoms with Crippen LogP contribution in [0.3, 0.4) is 0 Å². The van der Waals surface area contributed by atoms with Crippen molar-refractivity contribution in [3.05, 3.63) is 240 Å². The Kier molecular flexibility index (Phi) is 25.0. The summed E-state index contributed by atoms with van der Waals surface area (Å²) in [7, 11) is 11.6. The SMILES string of the molecule is CNc1cc(F)cc2c1Cc1nc(Sc3cnc4ccc[n+](C)c4c3)nc(N3CC(N)C4(CC4)C3)c1-2.CNc1cc(F)cc2c1Cc1nc(Sc3cnc4ccc[n+](C)c4c3)nc(N3CCC4(CC4N)C3)c1-2.CNc1cccc2c1Cc1nc(Sc3cnc4cccnc4c3)nc(N3CCN(C(=O)C4CCCO4)CC3)c1-2.CNc1cccc2c1Cc1nc(Sc3cnc4cccnc4c3)nc(N3CCN(C(C)=O)CC3)c1-2. The number of aryl methyl sites for hydroxylation is 2. The molecule has 5 saturated heterocycles. The third kappa shape index (κ3) is 17.9. The van der Waals surface area contributed by atoms with E-state index in [1.54, 1.807) is 43.6 Å². The highest BCUT2D eigenvalue weighted by molar-refractivity contribution is 8.00. The summed E-state index contributed by atoms with van der Waals surface area (Å²) in [5.74, 6) is 3.37. The van der Waals surface area contributed by atoms with Crippen molar-refractivity contribution in [2.45, 2.75) is 130 Å². The molecule has 12 aromatic heterocycles. The molecule has 0 bridgehead atoms. The van der Waals surface area contributed by atoms with E-state index in [1.807, 2.05) is 150 Å². The van der Waals surface area contributed by atoms with E-state index in [2.05, 4.69) is 128 Å². The standard InChI is InChI=1S/C29H29N7O2S.2C27H27FN7S.C26H25N7OS/c1-30-21-6-2-5-19-20(21)16-24-26(19)27(35-10-12-36(13-11-35)28(37)25-8-4-14-38-25)34-29(33-24)39-18-15-23-22(32-17-18)7-3-9-31-23;1-30-20-9-15(28)8-18-17(20)11-21-24(18)25(35-13-23(29)27(14-35)5-6-27)33-26(32-21)36-16-10-22-19(31-12-16)4-3-7-34(22)2;1-30-20-9-15(28)8-18-17(20)11-21-24(18)25(35-7-5-27(14-35)12-23(27)29)33-26(32-21)36-16-10-22-19(31-13-16)4-3-6-34(22)2;1-16(34)32-9-11-33(12-10-32)25-24-18-5-3-6-20(27-2)19(18)14-23(24)30-26(31-25)35-17-13-22-21(29-15-17)7-4-8-28-22/h2-3,5-7,9,15,17,25,30H,4,8,10-14,16H2,1H3;3-4,7-10,12,23,30H,5-6,11,13-14,29H2,1-2H3;3-4,6,8-10,13,23,30H,5,7,11-12,14,29H2,1-2H3;3-8,13,15,27H,9-12,14H2,1-2H3/q;2*+1;. The Hall–Kier alpha value is -14.1. The monoisotopic (exact) mass is 2020 g/mol. The minimum Gasteiger partial charge on any atom is -0.388 e. The number of amides is 2. The van der Waals surface area contributed by atoms with Crippen LogP contribution in [0.25, 0.3) is 88.6 Å². The van der Waals surface area contributed by atoms with E-state index < -0.39 is 0 Å². The number of halogens is 2. The molecule has 4 aromatic carbocycles. The van der Waals surface area contributed by atoms with Gasteiger partial charge in [-0.2, -0.15) is 9.13 Å². The van der Waals surface area contributed by atoms with Crippen LogP contribution in [0.2, 0.25) is 0 Å². The van der Waals surface area contributed by atoms with Gasteiger partial charge < -0.3 is 66.9 Å². The van der Waals surface area contributed by atoms with Crippen molar-refractivity contribution >= 4 is 149 Å². The van der Waals surface area contributed by atoms with Crippen molar-refractivity contribution in [3.8, 4) is 44.5 Å². The number of ether oxygens (including phenoxy) is 1. The van der Waals surface area contributed by atoms with Crippen molar-refractivity contribution in [2.24, 2.45) is 36.4 Å². The second-order valence-electron chi connectivity index (χ2n) is 39.2. The highest BCUT2D eigenvalue weighted by atomic mass is 32.2. The quantitative estimate of drug-likeness (QED) is 0.0364. The fourth-order valence-corrected chi connectivity index (χ4v) is 25.4. The zero-order valence-electron chi connectivity index (χ0n) is 81.9. The third-order valence-electron chi connectivity index (χ3n) is 30.4. The Balaban J connectivity index is 0.000000104. The number of fused-ring (bicyclic) bond motifs is 16. The van der Waals surface area contributed by atoms with Gasteiger partial charge in [-0.05, 0) is 215 Å². The third-order valence-corrected chi connectivity index (χ3v) is 33.7. The van der Waals surface area contributed by atoms with Gasteiger partial charge in [-0.1, -0.05) is 24.3 Å². The zero-order valence-corrected chi connectivity index (χ0v) is 85.2. The lowest BCUT2D eigenvalue weighted by molar-refractivity contribution is -0.645. The van der Waals surface area contributed by atoms with Gasteiger partial charge >= 0.3 is 0 Å². The molecule has 27 rings (SSSR count). The molecule has 17 heterocycles. The lowest BCUT2D eigenvalue weighted by Gasteiger charge is -2.37. The molecule has 4 atom stereocenters. The minimum absolute atomic E-state index is 0.121. The van der Waals surface area contributed by atoms with Crippen LogP contribution >= 0.6 is 47.0 Å². The number of carbonyl (C=O) groups is 2. The van der Waals surface area contributed by atoms with Crippen LogP contribution in [-0.2, 0) is 54.1 Å². The second-order valence-corrected chi connectivity index (χ2v) is 43.3. The Morgan fingerprint density at radius 1 is 0.418 bits per heavy atom. The summed E-state index contributed by atoms with van der Waals surface area (Å²) >= 11 is 6.05. The van der Waals surface area contributed by atoms with Crippen LogP contribution in [0.4, 0.5) is 54.8 Å². The molecule has 11 aliphatic rings. The lowest BCUT2D eigenvalue weighted by atomic mass is 10.0. The molecule has 146 heavy (non-hydrogen) atoms. The van der Waals surface area contributed by atoms with Crippen LogP contribution < -0.4 is 61.5 Å². The van der Waals surface area contributed by atoms with Gasteiger partial charge in [0, 0.05) is 295 Å². The predicted octanol–water partition coefficient (Wildman–Crippen LogP) is 15.2. The number of anilines is 8. The maximum atomic E-state index is 14.6. The maximum absolute atomic E-state index is 14.6. The van der Waals surface area contributed by atoms with Crippen LogP contribution in [0.5, 0.6) is 0 Å². The first-order valence-corrected chi connectivity index (χ1v) is 53.0. The van der Waals surface area contributed by atoms with Crippen LogP contribution in [0.1, 0.15) is 90.5 Å². The van der Waals surface area contributed by atoms with Gasteiger partial charge in [0.05, 0.1) is 44.8 Å². The predicted molar refractivity (Wildman–Crippen MR) is 567 cm³/mol. The highest BCUT2D eigenvalue weighted by Gasteiger charge is 2.57. The average Bonchev–Trinajstić information content (AvgIpc) is 1.57. The van der Waals surface area contributed by atoms with Gasteiger partial charge in [-0.3, -0.25) is 29.5 Å². The number of aromatic nitrogens is 16. The molecule has 6 aliphatic carbocycles. The number of carbonyl (C=O) groups excluding carboxylic acids is 2. The first kappa shape index (κ1) is 94.2. The number of hydrogen-bond donors (Lipinski definition) is 6. The first-order chi connectivity index (χ1) is 71.1. The molecule has 0 radical (unpaired) electrons. The van der Waals surface area contributed by atoms with Crippen molar-refractivity contribution in [1.82, 2.24) is 79.6 Å². The van der Waals surface area contributed by atoms with Crippen LogP contribution in [-0.4, -0.2) is 223 Å². The Morgan fingerprint density at radius 3 is 1.23 bits per heavy atom. The molecule has 2 spiro atoms. The first-order valence-electron chi connectivity index (χ1n) is 49.7. The largest absolute Gasteiger partial charge is 0.388 e. The smallest absolute Gasteiger partial charge is 0.251 e. The van der Waals surface area contributed by atoms with Crippen LogP contribution in [0, 0.1) is 22.5 Å². The summed E-state index contributed by atoms with van der Waals surface area (Å²) in [4.78, 5) is 109. The van der Waals surface area contributed by atoms with Gasteiger partial charge in [0.25, 0.3) is 5.91 Å². The number of nitrogens with two attached hydrogens (primary N) is 2. The van der Waals surface area contributed by atoms with Gasteiger partial charge in [0.2, 0.25) is 16.9 Å². The number of nitrogens with one attached hydrogen (secondary N) is 4. The summed E-state index contributed by atoms with van der Waals surface area (Å²) in [6.45, 7) is 11.4. The van der Waals surface area contributed by atoms with E-state index in [-0.39, 0.29) is 52.5 Å². The lowest BCUT2D eigenvalue weighted by Crippen LogP contribution is -2.51. The summed E-state index contributed by atoms with van der Waals surface area (Å²) < 4.78 is 39.0. The van der Waals surface area contributed by atoms with E-state index in [1.165, 1.54) is 69.3 Å². The van der Waals surface area contributed by atoms with E-state index in [4.69, 9.17) is 56.1 Å². The summed E-state index contributed by atoms with van der Waals surface area (Å²) in [5.41, 5.74) is 41.3. The normalized spacial score (nSPS) is 18.5. The topological polar surface area (TPSA) is 351 Å². The molecular formula is C109H108F2N28O3S4+2.